The van der Waals surface area contributed by atoms with E-state index >= 15 is 0 Å². The van der Waals surface area contributed by atoms with E-state index < -0.39 is 21.1 Å². The van der Waals surface area contributed by atoms with E-state index in [1.54, 1.807) is 30.3 Å². The zero-order chi connectivity index (χ0) is 21.3. The molecule has 0 amide bonds. The molecule has 0 aromatic heterocycles. The number of hydrogen-bond donors (Lipinski definition) is 1. The first-order chi connectivity index (χ1) is 14.4. The second kappa shape index (κ2) is 7.77. The lowest BCUT2D eigenvalue weighted by molar-refractivity contribution is -0.385. The number of hydrogen-bond acceptors (Lipinski definition) is 6. The number of methoxy groups -OCH3 is 1. The monoisotopic (exact) mass is 425 g/mol. The average molecular weight is 425 g/mol. The van der Waals surface area contributed by atoms with Crippen LogP contribution in [0.1, 0.15) is 17.3 Å². The normalized spacial score (nSPS) is 17.6. The van der Waals surface area contributed by atoms with Crippen LogP contribution in [0.3, 0.4) is 0 Å². The molecule has 3 aromatic rings. The average Bonchev–Trinajstić information content (AvgIpc) is 2.76. The molecule has 8 nitrogen and oxygen atoms in total. The summed E-state index contributed by atoms with van der Waals surface area (Å²) in [5.74, 6) is 0.109. The topological polar surface area (TPSA) is 102 Å². The molecular weight excluding hydrogens is 406 g/mol. The van der Waals surface area contributed by atoms with Crippen LogP contribution in [-0.2, 0) is 16.6 Å². The van der Waals surface area contributed by atoms with Crippen molar-refractivity contribution in [2.24, 2.45) is 0 Å². The van der Waals surface area contributed by atoms with Gasteiger partial charge in [-0.1, -0.05) is 48.5 Å². The SMILES string of the molecule is COc1ccc(C2Nc3ccccc3S(=O)(=O)N2Cc2ccccc2)cc1[N+](=O)[O-]. The fraction of sp³-hybridized carbons (Fsp3) is 0.143. The van der Waals surface area contributed by atoms with Gasteiger partial charge in [-0.3, -0.25) is 10.1 Å². The summed E-state index contributed by atoms with van der Waals surface area (Å²) in [6.45, 7) is 0.106. The summed E-state index contributed by atoms with van der Waals surface area (Å²) in [6, 6.07) is 20.3. The summed E-state index contributed by atoms with van der Waals surface area (Å²) in [4.78, 5) is 11.1. The van der Waals surface area contributed by atoms with Crippen LogP contribution < -0.4 is 10.1 Å². The van der Waals surface area contributed by atoms with Crippen LogP contribution in [0.25, 0.3) is 0 Å². The van der Waals surface area contributed by atoms with Crippen LogP contribution in [0.4, 0.5) is 11.4 Å². The molecule has 0 aliphatic carbocycles. The number of benzene rings is 3. The minimum Gasteiger partial charge on any atom is -0.490 e. The lowest BCUT2D eigenvalue weighted by atomic mass is 10.1. The Morgan fingerprint density at radius 1 is 1.07 bits per heavy atom. The summed E-state index contributed by atoms with van der Waals surface area (Å²) in [7, 11) is -2.51. The maximum atomic E-state index is 13.5. The largest absolute Gasteiger partial charge is 0.490 e. The molecule has 0 saturated carbocycles. The number of rotatable bonds is 5. The fourth-order valence-electron chi connectivity index (χ4n) is 3.50. The van der Waals surface area contributed by atoms with E-state index in [1.807, 2.05) is 30.3 Å². The van der Waals surface area contributed by atoms with E-state index in [0.717, 1.165) is 5.56 Å². The van der Waals surface area contributed by atoms with Gasteiger partial charge < -0.3 is 10.1 Å². The zero-order valence-electron chi connectivity index (χ0n) is 16.1. The number of nitro groups is 1. The van der Waals surface area contributed by atoms with E-state index in [9.17, 15) is 18.5 Å². The molecule has 9 heteroatoms. The second-order valence-corrected chi connectivity index (χ2v) is 8.63. The number of nitro benzene ring substituents is 1. The third kappa shape index (κ3) is 3.49. The molecule has 0 bridgehead atoms. The number of para-hydroxylation sites is 1. The third-order valence-corrected chi connectivity index (χ3v) is 6.82. The number of nitrogens with one attached hydrogen (secondary N) is 1. The van der Waals surface area contributed by atoms with E-state index in [1.165, 1.54) is 23.5 Å². The molecule has 154 valence electrons. The van der Waals surface area contributed by atoms with Gasteiger partial charge in [-0.25, -0.2) is 8.42 Å². The minimum absolute atomic E-state index is 0.106. The molecule has 30 heavy (non-hydrogen) atoms. The highest BCUT2D eigenvalue weighted by atomic mass is 32.2. The van der Waals surface area contributed by atoms with Crippen molar-refractivity contribution in [1.82, 2.24) is 4.31 Å². The Morgan fingerprint density at radius 2 is 1.77 bits per heavy atom. The van der Waals surface area contributed by atoms with Crippen LogP contribution in [0.5, 0.6) is 5.75 Å². The van der Waals surface area contributed by atoms with Gasteiger partial charge in [0, 0.05) is 12.6 Å². The standard InChI is InChI=1S/C21H19N3O5S/c1-29-19-12-11-16(13-18(19)24(25)26)21-22-17-9-5-6-10-20(17)30(27,28)23(21)14-15-7-3-2-4-8-15/h2-13,21-22H,14H2,1H3. The van der Waals surface area contributed by atoms with E-state index in [4.69, 9.17) is 4.74 Å². The van der Waals surface area contributed by atoms with Gasteiger partial charge in [-0.05, 0) is 29.3 Å². The van der Waals surface area contributed by atoms with Gasteiger partial charge in [0.25, 0.3) is 0 Å². The maximum absolute atomic E-state index is 13.5. The molecule has 1 atom stereocenters. The van der Waals surface area contributed by atoms with Crippen molar-refractivity contribution >= 4 is 21.4 Å². The number of anilines is 1. The van der Waals surface area contributed by atoms with E-state index in [0.29, 0.717) is 11.3 Å². The molecule has 0 saturated heterocycles. The van der Waals surface area contributed by atoms with E-state index in [2.05, 4.69) is 5.32 Å². The molecule has 0 fully saturated rings. The Labute approximate surface area is 173 Å². The van der Waals surface area contributed by atoms with Gasteiger partial charge in [0.2, 0.25) is 10.0 Å². The van der Waals surface area contributed by atoms with Crippen molar-refractivity contribution in [3.8, 4) is 5.75 Å². The lowest BCUT2D eigenvalue weighted by Crippen LogP contribution is -2.42. The van der Waals surface area contributed by atoms with Gasteiger partial charge in [0.15, 0.2) is 5.75 Å². The van der Waals surface area contributed by atoms with Crippen molar-refractivity contribution in [3.05, 3.63) is 94.0 Å². The number of sulfonamides is 1. The molecular formula is C21H19N3O5S. The molecule has 1 heterocycles. The molecule has 4 rings (SSSR count). The van der Waals surface area contributed by atoms with Crippen LogP contribution in [0, 0.1) is 10.1 Å². The summed E-state index contributed by atoms with van der Waals surface area (Å²) in [6.07, 6.45) is -0.824. The van der Waals surface area contributed by atoms with Crippen LogP contribution >= 0.6 is 0 Å². The molecule has 3 aromatic carbocycles. The summed E-state index contributed by atoms with van der Waals surface area (Å²) in [5, 5.41) is 14.7. The quantitative estimate of drug-likeness (QED) is 0.491. The second-order valence-electron chi connectivity index (χ2n) is 6.77. The first kappa shape index (κ1) is 19.9. The Morgan fingerprint density at radius 3 is 2.47 bits per heavy atom. The highest BCUT2D eigenvalue weighted by Gasteiger charge is 2.39. The van der Waals surface area contributed by atoms with Gasteiger partial charge in [0.1, 0.15) is 11.1 Å². The zero-order valence-corrected chi connectivity index (χ0v) is 16.9. The molecule has 1 unspecified atom stereocenters. The van der Waals surface area contributed by atoms with Crippen LogP contribution in [-0.4, -0.2) is 24.8 Å². The predicted molar refractivity (Wildman–Crippen MR) is 112 cm³/mol. The Balaban J connectivity index is 1.86. The predicted octanol–water partition coefficient (Wildman–Crippen LogP) is 3.92. The first-order valence-corrected chi connectivity index (χ1v) is 10.6. The molecule has 0 spiro atoms. The van der Waals surface area contributed by atoms with Crippen LogP contribution in [0.2, 0.25) is 0 Å². The number of fused-ring (bicyclic) bond motifs is 1. The Bertz CT molecular complexity index is 1200. The molecule has 1 N–H and O–H groups in total. The number of ether oxygens (including phenoxy) is 1. The summed E-state index contributed by atoms with van der Waals surface area (Å²) < 4.78 is 33.3. The Hall–Kier alpha value is -3.43. The van der Waals surface area contributed by atoms with Gasteiger partial charge >= 0.3 is 5.69 Å². The molecule has 1 aliphatic rings. The minimum atomic E-state index is -3.86. The highest BCUT2D eigenvalue weighted by molar-refractivity contribution is 7.89. The van der Waals surface area contributed by atoms with Crippen LogP contribution in [0.15, 0.2) is 77.7 Å². The molecule has 0 radical (unpaired) electrons. The van der Waals surface area contributed by atoms with Crippen molar-refractivity contribution in [3.63, 3.8) is 0 Å². The van der Waals surface area contributed by atoms with E-state index in [-0.39, 0.29) is 22.9 Å². The lowest BCUT2D eigenvalue weighted by Gasteiger charge is -2.37. The Kier molecular flexibility index (Phi) is 5.15. The third-order valence-electron chi connectivity index (χ3n) is 4.95. The van der Waals surface area contributed by atoms with Crippen molar-refractivity contribution in [1.29, 1.82) is 0 Å². The summed E-state index contributed by atoms with van der Waals surface area (Å²) >= 11 is 0. The maximum Gasteiger partial charge on any atom is 0.311 e. The summed E-state index contributed by atoms with van der Waals surface area (Å²) in [5.41, 5.74) is 1.46. The van der Waals surface area contributed by atoms with Gasteiger partial charge in [-0.15, -0.1) is 0 Å². The smallest absolute Gasteiger partial charge is 0.311 e. The van der Waals surface area contributed by atoms with Gasteiger partial charge in [0.05, 0.1) is 17.7 Å². The van der Waals surface area contributed by atoms with Crippen molar-refractivity contribution in [2.45, 2.75) is 17.6 Å². The first-order valence-electron chi connectivity index (χ1n) is 9.15. The fourth-order valence-corrected chi connectivity index (χ4v) is 5.18. The molecule has 1 aliphatic heterocycles. The van der Waals surface area contributed by atoms with Gasteiger partial charge in [-0.2, -0.15) is 4.31 Å². The highest BCUT2D eigenvalue weighted by Crippen LogP contribution is 2.41. The van der Waals surface area contributed by atoms with Crippen molar-refractivity contribution in [2.75, 3.05) is 12.4 Å². The van der Waals surface area contributed by atoms with Crippen molar-refractivity contribution < 1.29 is 18.1 Å². The number of nitrogens with zero attached hydrogens (tertiary/aromatic N) is 2.